The fourth-order valence-electron chi connectivity index (χ4n) is 2.01. The van der Waals surface area contributed by atoms with E-state index < -0.39 is 0 Å². The first kappa shape index (κ1) is 11.8. The second-order valence-corrected chi connectivity index (χ2v) is 4.45. The normalized spacial score (nSPS) is 12.7. The average molecular weight is 253 g/mol. The van der Waals surface area contributed by atoms with E-state index in [-0.39, 0.29) is 6.04 Å². The van der Waals surface area contributed by atoms with E-state index in [0.29, 0.717) is 0 Å². The fraction of sp³-hybridized carbons (Fsp3) is 0.214. The molecule has 0 spiro atoms. The van der Waals surface area contributed by atoms with Gasteiger partial charge in [-0.15, -0.1) is 5.10 Å². The highest BCUT2D eigenvalue weighted by Crippen LogP contribution is 2.17. The van der Waals surface area contributed by atoms with Gasteiger partial charge in [0.2, 0.25) is 0 Å². The van der Waals surface area contributed by atoms with Gasteiger partial charge in [0.1, 0.15) is 5.52 Å². The zero-order valence-electron chi connectivity index (χ0n) is 10.7. The van der Waals surface area contributed by atoms with Crippen molar-refractivity contribution in [3.8, 4) is 5.69 Å². The van der Waals surface area contributed by atoms with Crippen LogP contribution < -0.4 is 5.73 Å². The van der Waals surface area contributed by atoms with Crippen LogP contribution in [0.5, 0.6) is 0 Å². The lowest BCUT2D eigenvalue weighted by molar-refractivity contribution is 0.674. The highest BCUT2D eigenvalue weighted by Gasteiger charge is 2.08. The van der Waals surface area contributed by atoms with E-state index in [9.17, 15) is 0 Å². The Labute approximate surface area is 111 Å². The number of nitrogens with two attached hydrogens (primary N) is 1. The van der Waals surface area contributed by atoms with Crippen molar-refractivity contribution in [2.75, 3.05) is 0 Å². The second-order valence-electron chi connectivity index (χ2n) is 4.45. The number of benzene rings is 1. The molecule has 5 heteroatoms. The van der Waals surface area contributed by atoms with Gasteiger partial charge in [-0.2, -0.15) is 0 Å². The van der Waals surface area contributed by atoms with Crippen molar-refractivity contribution in [2.24, 2.45) is 5.73 Å². The summed E-state index contributed by atoms with van der Waals surface area (Å²) >= 11 is 0. The molecule has 0 aliphatic rings. The van der Waals surface area contributed by atoms with Gasteiger partial charge in [0.05, 0.1) is 23.1 Å². The van der Waals surface area contributed by atoms with Crippen LogP contribution in [0.1, 0.15) is 25.1 Å². The van der Waals surface area contributed by atoms with Gasteiger partial charge in [0.15, 0.2) is 0 Å². The predicted octanol–water partition coefficient (Wildman–Crippen LogP) is 2.23. The first-order valence-corrected chi connectivity index (χ1v) is 6.32. The minimum absolute atomic E-state index is 0.0125. The number of hydrogen-bond donors (Lipinski definition) is 1. The molecule has 0 aliphatic heterocycles. The molecule has 0 amide bonds. The number of pyridine rings is 1. The van der Waals surface area contributed by atoms with Crippen LogP contribution in [0.25, 0.3) is 16.7 Å². The summed E-state index contributed by atoms with van der Waals surface area (Å²) in [6.07, 6.45) is 2.66. The summed E-state index contributed by atoms with van der Waals surface area (Å²) < 4.78 is 1.78. The zero-order valence-corrected chi connectivity index (χ0v) is 10.7. The lowest BCUT2D eigenvalue weighted by Crippen LogP contribution is -2.10. The smallest absolute Gasteiger partial charge is 0.113 e. The molecular weight excluding hydrogens is 238 g/mol. The van der Waals surface area contributed by atoms with Gasteiger partial charge in [0.25, 0.3) is 0 Å². The molecule has 0 aliphatic carbocycles. The average Bonchev–Trinajstić information content (AvgIpc) is 2.90. The van der Waals surface area contributed by atoms with Crippen molar-refractivity contribution in [2.45, 2.75) is 19.4 Å². The Bertz CT molecular complexity index is 686. The van der Waals surface area contributed by atoms with E-state index in [0.717, 1.165) is 28.8 Å². The third-order valence-corrected chi connectivity index (χ3v) is 3.19. The Morgan fingerprint density at radius 3 is 2.79 bits per heavy atom. The van der Waals surface area contributed by atoms with Gasteiger partial charge in [-0.3, -0.25) is 4.98 Å². The number of aromatic nitrogens is 4. The molecule has 2 heterocycles. The number of nitrogens with zero attached hydrogens (tertiary/aromatic N) is 4. The van der Waals surface area contributed by atoms with Crippen LogP contribution in [0, 0.1) is 0 Å². The molecule has 2 aromatic heterocycles. The third-order valence-electron chi connectivity index (χ3n) is 3.19. The van der Waals surface area contributed by atoms with Crippen LogP contribution in [-0.2, 0) is 0 Å². The first-order valence-electron chi connectivity index (χ1n) is 6.32. The molecule has 19 heavy (non-hydrogen) atoms. The molecule has 0 saturated carbocycles. The zero-order chi connectivity index (χ0) is 13.2. The molecule has 3 aromatic rings. The molecule has 0 saturated heterocycles. The Balaban J connectivity index is 2.02. The molecule has 2 N–H and O–H groups in total. The van der Waals surface area contributed by atoms with Crippen LogP contribution in [-0.4, -0.2) is 20.0 Å². The second kappa shape index (κ2) is 4.78. The van der Waals surface area contributed by atoms with Crippen molar-refractivity contribution < 1.29 is 0 Å². The van der Waals surface area contributed by atoms with E-state index in [2.05, 4.69) is 15.3 Å². The monoisotopic (exact) mass is 253 g/mol. The lowest BCUT2D eigenvalue weighted by atomic mass is 10.1. The molecule has 1 atom stereocenters. The summed E-state index contributed by atoms with van der Waals surface area (Å²) in [5.74, 6) is 0. The number of fused-ring (bicyclic) bond motifs is 1. The molecule has 1 aromatic carbocycles. The SMILES string of the molecule is CC[C@H](N)c1ccc(-n2nnc3ccccc32)cn1. The van der Waals surface area contributed by atoms with Gasteiger partial charge >= 0.3 is 0 Å². The summed E-state index contributed by atoms with van der Waals surface area (Å²) in [6.45, 7) is 2.05. The van der Waals surface area contributed by atoms with E-state index in [1.807, 2.05) is 43.3 Å². The standard InChI is InChI=1S/C14H15N5/c1-2-11(15)12-8-7-10(9-16-12)19-14-6-4-3-5-13(14)17-18-19/h3-9,11H,2,15H2,1H3/t11-/m0/s1. The summed E-state index contributed by atoms with van der Waals surface area (Å²) in [7, 11) is 0. The minimum atomic E-state index is -0.0125. The highest BCUT2D eigenvalue weighted by molar-refractivity contribution is 5.75. The fourth-order valence-corrected chi connectivity index (χ4v) is 2.01. The van der Waals surface area contributed by atoms with E-state index in [1.165, 1.54) is 0 Å². The Morgan fingerprint density at radius 2 is 2.05 bits per heavy atom. The maximum absolute atomic E-state index is 5.96. The topological polar surface area (TPSA) is 69.6 Å². The largest absolute Gasteiger partial charge is 0.323 e. The van der Waals surface area contributed by atoms with Crippen LogP contribution in [0.4, 0.5) is 0 Å². The van der Waals surface area contributed by atoms with Crippen LogP contribution >= 0.6 is 0 Å². The van der Waals surface area contributed by atoms with E-state index in [4.69, 9.17) is 5.73 Å². The minimum Gasteiger partial charge on any atom is -0.323 e. The quantitative estimate of drug-likeness (QED) is 0.777. The Hall–Kier alpha value is -2.27. The number of hydrogen-bond acceptors (Lipinski definition) is 4. The lowest BCUT2D eigenvalue weighted by Gasteiger charge is -2.08. The summed E-state index contributed by atoms with van der Waals surface area (Å²) in [4.78, 5) is 4.40. The third kappa shape index (κ3) is 2.08. The molecular formula is C14H15N5. The van der Waals surface area contributed by atoms with E-state index in [1.54, 1.807) is 10.9 Å². The predicted molar refractivity (Wildman–Crippen MR) is 73.9 cm³/mol. The van der Waals surface area contributed by atoms with Gasteiger partial charge in [-0.1, -0.05) is 24.3 Å². The Morgan fingerprint density at radius 1 is 1.21 bits per heavy atom. The molecule has 96 valence electrons. The van der Waals surface area contributed by atoms with Crippen molar-refractivity contribution in [3.05, 3.63) is 48.3 Å². The highest BCUT2D eigenvalue weighted by atomic mass is 15.4. The van der Waals surface area contributed by atoms with E-state index >= 15 is 0 Å². The van der Waals surface area contributed by atoms with Crippen molar-refractivity contribution in [1.82, 2.24) is 20.0 Å². The number of rotatable bonds is 3. The van der Waals surface area contributed by atoms with Gasteiger partial charge in [-0.25, -0.2) is 4.68 Å². The molecule has 0 fully saturated rings. The van der Waals surface area contributed by atoms with Gasteiger partial charge < -0.3 is 5.73 Å². The molecule has 0 radical (unpaired) electrons. The van der Waals surface area contributed by atoms with Crippen LogP contribution in [0.15, 0.2) is 42.6 Å². The van der Waals surface area contributed by atoms with Crippen LogP contribution in [0.3, 0.4) is 0 Å². The maximum atomic E-state index is 5.96. The molecule has 0 unspecified atom stereocenters. The van der Waals surface area contributed by atoms with Crippen LogP contribution in [0.2, 0.25) is 0 Å². The first-order chi connectivity index (χ1) is 9.29. The summed E-state index contributed by atoms with van der Waals surface area (Å²) in [5.41, 5.74) is 9.59. The molecule has 3 rings (SSSR count). The van der Waals surface area contributed by atoms with Crippen molar-refractivity contribution in [1.29, 1.82) is 0 Å². The summed E-state index contributed by atoms with van der Waals surface area (Å²) in [6, 6.07) is 11.7. The molecule has 0 bridgehead atoms. The maximum Gasteiger partial charge on any atom is 0.113 e. The van der Waals surface area contributed by atoms with Crippen molar-refractivity contribution >= 4 is 11.0 Å². The molecule has 5 nitrogen and oxygen atoms in total. The number of para-hydroxylation sites is 1. The van der Waals surface area contributed by atoms with Gasteiger partial charge in [0, 0.05) is 6.04 Å². The van der Waals surface area contributed by atoms with Gasteiger partial charge in [-0.05, 0) is 30.7 Å². The Kier molecular flexibility index (Phi) is 2.97. The van der Waals surface area contributed by atoms with Crippen molar-refractivity contribution in [3.63, 3.8) is 0 Å². The summed E-state index contributed by atoms with van der Waals surface area (Å²) in [5, 5.41) is 8.28.